The van der Waals surface area contributed by atoms with Crippen LogP contribution in [0.5, 0.6) is 0 Å². The summed E-state index contributed by atoms with van der Waals surface area (Å²) in [5, 5.41) is 0. The lowest BCUT2D eigenvalue weighted by molar-refractivity contribution is -0.144. The summed E-state index contributed by atoms with van der Waals surface area (Å²) in [6.07, 6.45) is 8.67. The molecule has 4 atom stereocenters. The molecule has 1 fully saturated rings. The van der Waals surface area contributed by atoms with Gasteiger partial charge in [-0.05, 0) is 62.4 Å². The Kier molecular flexibility index (Phi) is 4.02. The summed E-state index contributed by atoms with van der Waals surface area (Å²) in [6.45, 7) is 9.34. The van der Waals surface area contributed by atoms with E-state index in [2.05, 4.69) is 33.8 Å². The molecule has 0 bridgehead atoms. The maximum Gasteiger partial charge on any atom is 0.331 e. The lowest BCUT2D eigenvalue weighted by atomic mass is 9.46. The van der Waals surface area contributed by atoms with E-state index in [1.165, 1.54) is 5.57 Å². The van der Waals surface area contributed by atoms with Gasteiger partial charge in [-0.3, -0.25) is 4.79 Å². The molecule has 0 saturated heterocycles. The van der Waals surface area contributed by atoms with Crippen molar-refractivity contribution >= 4 is 11.8 Å². The molecular formula is C20H28O3. The Morgan fingerprint density at radius 2 is 2.04 bits per heavy atom. The summed E-state index contributed by atoms with van der Waals surface area (Å²) in [5.41, 5.74) is 2.20. The average Bonchev–Trinajstić information content (AvgIpc) is 2.92. The highest BCUT2D eigenvalue weighted by Crippen LogP contribution is 2.60. The van der Waals surface area contributed by atoms with E-state index in [1.54, 1.807) is 6.08 Å². The first kappa shape index (κ1) is 16.5. The number of carbonyl (C=O) groups is 2. The molecule has 23 heavy (non-hydrogen) atoms. The van der Waals surface area contributed by atoms with Crippen molar-refractivity contribution in [3.8, 4) is 0 Å². The molecule has 3 rings (SSSR count). The maximum absolute atomic E-state index is 12.8. The second-order valence-electron chi connectivity index (χ2n) is 8.16. The van der Waals surface area contributed by atoms with E-state index in [-0.39, 0.29) is 16.8 Å². The smallest absolute Gasteiger partial charge is 0.331 e. The molecule has 4 unspecified atom stereocenters. The van der Waals surface area contributed by atoms with Crippen LogP contribution >= 0.6 is 0 Å². The number of cyclic esters (lactones) is 1. The van der Waals surface area contributed by atoms with Gasteiger partial charge in [-0.2, -0.15) is 0 Å². The largest absolute Gasteiger partial charge is 0.458 e. The van der Waals surface area contributed by atoms with E-state index in [9.17, 15) is 9.59 Å². The quantitative estimate of drug-likeness (QED) is 0.578. The number of ketones is 1. The van der Waals surface area contributed by atoms with Gasteiger partial charge in [-0.25, -0.2) is 4.79 Å². The molecule has 1 heterocycles. The summed E-state index contributed by atoms with van der Waals surface area (Å²) in [5.74, 6) is 0.991. The summed E-state index contributed by atoms with van der Waals surface area (Å²) in [6, 6.07) is 0. The maximum atomic E-state index is 12.8. The summed E-state index contributed by atoms with van der Waals surface area (Å²) in [7, 11) is 0. The van der Waals surface area contributed by atoms with Crippen LogP contribution in [-0.2, 0) is 14.3 Å². The van der Waals surface area contributed by atoms with Crippen LogP contribution in [0, 0.1) is 22.7 Å². The molecule has 2 aliphatic carbocycles. The van der Waals surface area contributed by atoms with Crippen LogP contribution in [0.25, 0.3) is 0 Å². The number of Topliss-reactive ketones (excluding diaryl/α,β-unsaturated/α-hetero) is 1. The minimum absolute atomic E-state index is 0.130. The van der Waals surface area contributed by atoms with Crippen molar-refractivity contribution in [2.24, 2.45) is 22.7 Å². The molecular weight excluding hydrogens is 288 g/mol. The van der Waals surface area contributed by atoms with Gasteiger partial charge in [-0.1, -0.05) is 25.5 Å². The molecule has 0 amide bonds. The average molecular weight is 316 g/mol. The SMILES string of the molecule is CC1=CCCC2C1(C)C(=O)CC(C)C2(C)CCC1=CC(=O)OC1. The van der Waals surface area contributed by atoms with E-state index in [4.69, 9.17) is 4.74 Å². The van der Waals surface area contributed by atoms with E-state index < -0.39 is 0 Å². The number of esters is 1. The van der Waals surface area contributed by atoms with Crippen LogP contribution < -0.4 is 0 Å². The van der Waals surface area contributed by atoms with E-state index in [0.717, 1.165) is 31.3 Å². The Morgan fingerprint density at radius 3 is 2.70 bits per heavy atom. The second-order valence-corrected chi connectivity index (χ2v) is 8.16. The summed E-state index contributed by atoms with van der Waals surface area (Å²) < 4.78 is 5.03. The molecule has 3 heteroatoms. The van der Waals surface area contributed by atoms with Crippen molar-refractivity contribution in [3.05, 3.63) is 23.3 Å². The van der Waals surface area contributed by atoms with Crippen molar-refractivity contribution in [1.29, 1.82) is 0 Å². The molecule has 0 spiro atoms. The molecule has 3 nitrogen and oxygen atoms in total. The van der Waals surface area contributed by atoms with Crippen LogP contribution in [-0.4, -0.2) is 18.4 Å². The molecule has 0 radical (unpaired) electrons. The van der Waals surface area contributed by atoms with Crippen molar-refractivity contribution in [2.75, 3.05) is 6.61 Å². The fourth-order valence-corrected chi connectivity index (χ4v) is 5.12. The van der Waals surface area contributed by atoms with Crippen molar-refractivity contribution < 1.29 is 14.3 Å². The molecule has 126 valence electrons. The lowest BCUT2D eigenvalue weighted by Crippen LogP contribution is -2.54. The topological polar surface area (TPSA) is 43.4 Å². The number of rotatable bonds is 3. The van der Waals surface area contributed by atoms with Crippen LogP contribution in [0.3, 0.4) is 0 Å². The number of ether oxygens (including phenoxy) is 1. The van der Waals surface area contributed by atoms with Crippen molar-refractivity contribution in [3.63, 3.8) is 0 Å². The Morgan fingerprint density at radius 1 is 1.30 bits per heavy atom. The minimum Gasteiger partial charge on any atom is -0.458 e. The number of allylic oxidation sites excluding steroid dienone is 2. The van der Waals surface area contributed by atoms with Gasteiger partial charge in [-0.15, -0.1) is 0 Å². The number of hydrogen-bond acceptors (Lipinski definition) is 3. The molecule has 0 N–H and O–H groups in total. The highest BCUT2D eigenvalue weighted by Gasteiger charge is 2.57. The number of fused-ring (bicyclic) bond motifs is 1. The van der Waals surface area contributed by atoms with E-state index in [1.807, 2.05) is 0 Å². The van der Waals surface area contributed by atoms with Gasteiger partial charge in [0.25, 0.3) is 0 Å². The fraction of sp³-hybridized carbons (Fsp3) is 0.700. The Labute approximate surface area is 139 Å². The van der Waals surface area contributed by atoms with Gasteiger partial charge in [0, 0.05) is 12.5 Å². The second kappa shape index (κ2) is 5.61. The van der Waals surface area contributed by atoms with Gasteiger partial charge < -0.3 is 4.74 Å². The van der Waals surface area contributed by atoms with Crippen molar-refractivity contribution in [1.82, 2.24) is 0 Å². The Balaban J connectivity index is 1.87. The molecule has 0 aromatic heterocycles. The van der Waals surface area contributed by atoms with Gasteiger partial charge >= 0.3 is 5.97 Å². The first-order valence-electron chi connectivity index (χ1n) is 8.85. The fourth-order valence-electron chi connectivity index (χ4n) is 5.12. The molecule has 0 aromatic rings. The monoisotopic (exact) mass is 316 g/mol. The Hall–Kier alpha value is -1.38. The van der Waals surface area contributed by atoms with Crippen LogP contribution in [0.1, 0.15) is 59.8 Å². The van der Waals surface area contributed by atoms with Gasteiger partial charge in [0.15, 0.2) is 0 Å². The highest BCUT2D eigenvalue weighted by atomic mass is 16.5. The predicted molar refractivity (Wildman–Crippen MR) is 89.8 cm³/mol. The zero-order valence-corrected chi connectivity index (χ0v) is 14.8. The minimum atomic E-state index is -0.296. The first-order valence-corrected chi connectivity index (χ1v) is 8.85. The predicted octanol–water partition coefficient (Wildman–Crippen LogP) is 4.23. The van der Waals surface area contributed by atoms with Crippen LogP contribution in [0.15, 0.2) is 23.3 Å². The third-order valence-electron chi connectivity index (χ3n) is 7.12. The normalized spacial score (nSPS) is 40.3. The lowest BCUT2D eigenvalue weighted by Gasteiger charge is -2.56. The van der Waals surface area contributed by atoms with Crippen LogP contribution in [0.2, 0.25) is 0 Å². The standard InChI is InChI=1S/C20H28O3/c1-13-6-5-7-16-19(3,9-8-15-11-18(22)23-12-15)14(2)10-17(21)20(13,16)4/h6,11,14,16H,5,7-10,12H2,1-4H3. The third-order valence-corrected chi connectivity index (χ3v) is 7.12. The summed E-state index contributed by atoms with van der Waals surface area (Å²) >= 11 is 0. The Bertz CT molecular complexity index is 600. The third kappa shape index (κ3) is 2.49. The summed E-state index contributed by atoms with van der Waals surface area (Å²) in [4.78, 5) is 24.1. The van der Waals surface area contributed by atoms with Gasteiger partial charge in [0.1, 0.15) is 12.4 Å². The first-order chi connectivity index (χ1) is 10.8. The zero-order chi connectivity index (χ0) is 16.8. The molecule has 1 saturated carbocycles. The highest BCUT2D eigenvalue weighted by molar-refractivity contribution is 5.89. The van der Waals surface area contributed by atoms with Gasteiger partial charge in [0.2, 0.25) is 0 Å². The molecule has 3 aliphatic rings. The number of carbonyl (C=O) groups excluding carboxylic acids is 2. The molecule has 0 aromatic carbocycles. The number of hydrogen-bond donors (Lipinski definition) is 0. The van der Waals surface area contributed by atoms with E-state index in [0.29, 0.717) is 30.6 Å². The molecule has 1 aliphatic heterocycles. The van der Waals surface area contributed by atoms with E-state index >= 15 is 0 Å². The van der Waals surface area contributed by atoms with Gasteiger partial charge in [0.05, 0.1) is 5.41 Å². The van der Waals surface area contributed by atoms with Crippen LogP contribution in [0.4, 0.5) is 0 Å². The van der Waals surface area contributed by atoms with Crippen molar-refractivity contribution in [2.45, 2.75) is 59.8 Å². The zero-order valence-electron chi connectivity index (χ0n) is 14.8.